The van der Waals surface area contributed by atoms with Crippen molar-refractivity contribution >= 4 is 33.2 Å². The van der Waals surface area contributed by atoms with Gasteiger partial charge in [0.05, 0.1) is 24.7 Å². The molecular weight excluding hydrogens is 370 g/mol. The molecule has 0 radical (unpaired) electrons. The summed E-state index contributed by atoms with van der Waals surface area (Å²) >= 11 is 3.48. The Hall–Kier alpha value is -2.60. The van der Waals surface area contributed by atoms with Crippen LogP contribution in [0.3, 0.4) is 0 Å². The van der Waals surface area contributed by atoms with E-state index in [1.165, 1.54) is 0 Å². The number of amides is 1. The third-order valence-corrected chi connectivity index (χ3v) is 4.34. The third kappa shape index (κ3) is 4.02. The summed E-state index contributed by atoms with van der Waals surface area (Å²) in [7, 11) is 0. The number of furan rings is 1. The molecular formula is C18H16BrN3O2. The second kappa shape index (κ2) is 7.31. The number of benzene rings is 1. The highest BCUT2D eigenvalue weighted by atomic mass is 79.9. The standard InChI is InChI=1S/C18H16BrN3O2/c1-12-9-13(4-6-16(12)19)22-14-5-7-17(20-10-14)18(23)21-11-15-3-2-8-24-15/h2-10,22H,11H2,1H3,(H,21,23). The first kappa shape index (κ1) is 16.3. The Balaban J connectivity index is 1.62. The molecule has 0 aliphatic rings. The average molecular weight is 386 g/mol. The second-order valence-electron chi connectivity index (χ2n) is 5.28. The van der Waals surface area contributed by atoms with Crippen molar-refractivity contribution in [1.29, 1.82) is 0 Å². The van der Waals surface area contributed by atoms with Crippen LogP contribution in [-0.2, 0) is 6.54 Å². The number of nitrogens with one attached hydrogen (secondary N) is 2. The van der Waals surface area contributed by atoms with Crippen molar-refractivity contribution in [2.75, 3.05) is 5.32 Å². The molecule has 1 amide bonds. The minimum Gasteiger partial charge on any atom is -0.467 e. The fraction of sp³-hybridized carbons (Fsp3) is 0.111. The number of carbonyl (C=O) groups is 1. The number of rotatable bonds is 5. The van der Waals surface area contributed by atoms with Crippen molar-refractivity contribution in [3.63, 3.8) is 0 Å². The first-order valence-corrected chi connectivity index (χ1v) is 8.21. The van der Waals surface area contributed by atoms with Crippen LogP contribution in [0.5, 0.6) is 0 Å². The first-order chi connectivity index (χ1) is 11.6. The number of anilines is 2. The van der Waals surface area contributed by atoms with Crippen LogP contribution in [0.25, 0.3) is 0 Å². The van der Waals surface area contributed by atoms with Gasteiger partial charge in [0.25, 0.3) is 5.91 Å². The van der Waals surface area contributed by atoms with E-state index in [0.29, 0.717) is 18.0 Å². The van der Waals surface area contributed by atoms with Gasteiger partial charge in [0, 0.05) is 10.2 Å². The molecule has 0 aliphatic heterocycles. The van der Waals surface area contributed by atoms with Crippen LogP contribution >= 0.6 is 15.9 Å². The zero-order valence-corrected chi connectivity index (χ0v) is 14.6. The Labute approximate surface area is 148 Å². The molecule has 2 N–H and O–H groups in total. The maximum atomic E-state index is 12.1. The molecule has 122 valence electrons. The van der Waals surface area contributed by atoms with Crippen molar-refractivity contribution in [1.82, 2.24) is 10.3 Å². The number of aromatic nitrogens is 1. The van der Waals surface area contributed by atoms with Crippen molar-refractivity contribution in [2.45, 2.75) is 13.5 Å². The largest absolute Gasteiger partial charge is 0.467 e. The number of pyridine rings is 1. The lowest BCUT2D eigenvalue weighted by Crippen LogP contribution is -2.23. The van der Waals surface area contributed by atoms with Gasteiger partial charge in [0.2, 0.25) is 0 Å². The van der Waals surface area contributed by atoms with E-state index in [4.69, 9.17) is 4.42 Å². The van der Waals surface area contributed by atoms with Gasteiger partial charge in [-0.2, -0.15) is 0 Å². The van der Waals surface area contributed by atoms with E-state index >= 15 is 0 Å². The van der Waals surface area contributed by atoms with Gasteiger partial charge in [0.1, 0.15) is 11.5 Å². The number of halogens is 1. The van der Waals surface area contributed by atoms with E-state index in [1.54, 1.807) is 30.7 Å². The summed E-state index contributed by atoms with van der Waals surface area (Å²) in [6.45, 7) is 2.37. The monoisotopic (exact) mass is 385 g/mol. The smallest absolute Gasteiger partial charge is 0.270 e. The van der Waals surface area contributed by atoms with Gasteiger partial charge in [-0.1, -0.05) is 15.9 Å². The Morgan fingerprint density at radius 2 is 2.04 bits per heavy atom. The van der Waals surface area contributed by atoms with Gasteiger partial charge >= 0.3 is 0 Å². The Morgan fingerprint density at radius 1 is 1.21 bits per heavy atom. The van der Waals surface area contributed by atoms with Crippen molar-refractivity contribution < 1.29 is 9.21 Å². The minimum absolute atomic E-state index is 0.238. The summed E-state index contributed by atoms with van der Waals surface area (Å²) in [6, 6.07) is 13.1. The van der Waals surface area contributed by atoms with Crippen LogP contribution in [0.15, 0.2) is 63.8 Å². The van der Waals surface area contributed by atoms with E-state index in [0.717, 1.165) is 21.4 Å². The highest BCUT2D eigenvalue weighted by molar-refractivity contribution is 9.10. The lowest BCUT2D eigenvalue weighted by molar-refractivity contribution is 0.0943. The van der Waals surface area contributed by atoms with Crippen LogP contribution in [0.1, 0.15) is 21.8 Å². The van der Waals surface area contributed by atoms with E-state index in [9.17, 15) is 4.79 Å². The van der Waals surface area contributed by atoms with Crippen molar-refractivity contribution in [3.8, 4) is 0 Å². The van der Waals surface area contributed by atoms with E-state index in [2.05, 4.69) is 31.5 Å². The van der Waals surface area contributed by atoms with Gasteiger partial charge in [-0.05, 0) is 55.0 Å². The Morgan fingerprint density at radius 3 is 2.71 bits per heavy atom. The summed E-state index contributed by atoms with van der Waals surface area (Å²) in [6.07, 6.45) is 3.21. The second-order valence-corrected chi connectivity index (χ2v) is 6.14. The molecule has 6 heteroatoms. The zero-order valence-electron chi connectivity index (χ0n) is 13.0. The number of hydrogen-bond acceptors (Lipinski definition) is 4. The third-order valence-electron chi connectivity index (χ3n) is 3.45. The summed E-state index contributed by atoms with van der Waals surface area (Å²) in [5.41, 5.74) is 3.29. The maximum absolute atomic E-state index is 12.1. The van der Waals surface area contributed by atoms with Gasteiger partial charge in [-0.15, -0.1) is 0 Å². The molecule has 2 aromatic heterocycles. The molecule has 1 aromatic carbocycles. The normalized spacial score (nSPS) is 10.4. The average Bonchev–Trinajstić information content (AvgIpc) is 3.10. The number of carbonyl (C=O) groups excluding carboxylic acids is 1. The molecule has 0 fully saturated rings. The summed E-state index contributed by atoms with van der Waals surface area (Å²) < 4.78 is 6.24. The fourth-order valence-electron chi connectivity index (χ4n) is 2.16. The SMILES string of the molecule is Cc1cc(Nc2ccc(C(=O)NCc3ccco3)nc2)ccc1Br. The lowest BCUT2D eigenvalue weighted by atomic mass is 10.2. The molecule has 5 nitrogen and oxygen atoms in total. The molecule has 3 aromatic rings. The zero-order chi connectivity index (χ0) is 16.9. The van der Waals surface area contributed by atoms with Crippen LogP contribution in [0.4, 0.5) is 11.4 Å². The van der Waals surface area contributed by atoms with Crippen LogP contribution in [-0.4, -0.2) is 10.9 Å². The minimum atomic E-state index is -0.238. The molecule has 24 heavy (non-hydrogen) atoms. The molecule has 0 spiro atoms. The quantitative estimate of drug-likeness (QED) is 0.681. The van der Waals surface area contributed by atoms with E-state index in [-0.39, 0.29) is 5.91 Å². The number of nitrogens with zero attached hydrogens (tertiary/aromatic N) is 1. The Bertz CT molecular complexity index is 830. The van der Waals surface area contributed by atoms with Gasteiger partial charge in [0.15, 0.2) is 0 Å². The maximum Gasteiger partial charge on any atom is 0.270 e. The molecule has 0 bridgehead atoms. The Kier molecular flexibility index (Phi) is 4.96. The highest BCUT2D eigenvalue weighted by Crippen LogP contribution is 2.22. The fourth-order valence-corrected chi connectivity index (χ4v) is 2.41. The van der Waals surface area contributed by atoms with E-state index < -0.39 is 0 Å². The highest BCUT2D eigenvalue weighted by Gasteiger charge is 2.08. The van der Waals surface area contributed by atoms with Gasteiger partial charge in [-0.3, -0.25) is 4.79 Å². The predicted octanol–water partition coefficient (Wildman–Crippen LogP) is 4.42. The predicted molar refractivity (Wildman–Crippen MR) is 96.3 cm³/mol. The topological polar surface area (TPSA) is 67.2 Å². The number of aryl methyl sites for hydroxylation is 1. The summed E-state index contributed by atoms with van der Waals surface area (Å²) in [5.74, 6) is 0.463. The summed E-state index contributed by atoms with van der Waals surface area (Å²) in [5, 5.41) is 6.03. The van der Waals surface area contributed by atoms with Crippen LogP contribution in [0, 0.1) is 6.92 Å². The molecule has 0 aliphatic carbocycles. The lowest BCUT2D eigenvalue weighted by Gasteiger charge is -2.09. The summed E-state index contributed by atoms with van der Waals surface area (Å²) in [4.78, 5) is 16.3. The first-order valence-electron chi connectivity index (χ1n) is 7.41. The van der Waals surface area contributed by atoms with Crippen molar-refractivity contribution in [3.05, 3.63) is 76.4 Å². The van der Waals surface area contributed by atoms with Crippen LogP contribution in [0.2, 0.25) is 0 Å². The molecule has 2 heterocycles. The molecule has 0 saturated carbocycles. The van der Waals surface area contributed by atoms with Gasteiger partial charge in [-0.25, -0.2) is 4.98 Å². The molecule has 3 rings (SSSR count). The number of hydrogen-bond donors (Lipinski definition) is 2. The molecule has 0 unspecified atom stereocenters. The van der Waals surface area contributed by atoms with E-state index in [1.807, 2.05) is 31.2 Å². The molecule has 0 atom stereocenters. The van der Waals surface area contributed by atoms with Gasteiger partial charge < -0.3 is 15.1 Å². The molecule has 0 saturated heterocycles. The van der Waals surface area contributed by atoms with Crippen molar-refractivity contribution in [2.24, 2.45) is 0 Å². The van der Waals surface area contributed by atoms with Crippen LogP contribution < -0.4 is 10.6 Å².